The van der Waals surface area contributed by atoms with Crippen molar-refractivity contribution in [2.75, 3.05) is 19.6 Å². The number of nitrogens with zero attached hydrogens (tertiary/aromatic N) is 1. The van der Waals surface area contributed by atoms with Crippen LogP contribution in [0.3, 0.4) is 0 Å². The second-order valence-electron chi connectivity index (χ2n) is 5.35. The number of piperidine rings is 1. The van der Waals surface area contributed by atoms with Crippen LogP contribution in [-0.2, 0) is 0 Å². The maximum atomic E-state index is 5.79. The summed E-state index contributed by atoms with van der Waals surface area (Å²) in [6.07, 6.45) is 5.42. The Labute approximate surface area is 88.8 Å². The maximum absolute atomic E-state index is 5.79. The summed E-state index contributed by atoms with van der Waals surface area (Å²) < 4.78 is 0. The minimum absolute atomic E-state index is 0.315. The predicted octanol–water partition coefficient (Wildman–Crippen LogP) is 2.24. The fourth-order valence-corrected chi connectivity index (χ4v) is 2.43. The van der Waals surface area contributed by atoms with E-state index >= 15 is 0 Å². The van der Waals surface area contributed by atoms with E-state index in [1.54, 1.807) is 0 Å². The molecule has 0 radical (unpaired) electrons. The van der Waals surface area contributed by atoms with E-state index in [-0.39, 0.29) is 0 Å². The van der Waals surface area contributed by atoms with E-state index < -0.39 is 0 Å². The molecule has 1 heterocycles. The number of hydrogen-bond acceptors (Lipinski definition) is 2. The van der Waals surface area contributed by atoms with E-state index in [1.165, 1.54) is 38.8 Å². The number of likely N-dealkylation sites (tertiary alicyclic amines) is 1. The van der Waals surface area contributed by atoms with Gasteiger partial charge in [-0.1, -0.05) is 27.2 Å². The second-order valence-corrected chi connectivity index (χ2v) is 5.35. The van der Waals surface area contributed by atoms with Crippen molar-refractivity contribution >= 4 is 0 Å². The van der Waals surface area contributed by atoms with Crippen LogP contribution in [0.25, 0.3) is 0 Å². The molecule has 0 aliphatic carbocycles. The lowest BCUT2D eigenvalue weighted by Crippen LogP contribution is -2.43. The molecule has 0 aromatic heterocycles. The van der Waals surface area contributed by atoms with Crippen LogP contribution in [0.5, 0.6) is 0 Å². The number of hydrogen-bond donors (Lipinski definition) is 1. The van der Waals surface area contributed by atoms with E-state index in [4.69, 9.17) is 5.73 Å². The monoisotopic (exact) mass is 198 g/mol. The molecule has 1 atom stereocenters. The van der Waals surface area contributed by atoms with Gasteiger partial charge in [-0.2, -0.15) is 0 Å². The molecule has 0 aromatic carbocycles. The normalized spacial score (nSPS) is 25.3. The van der Waals surface area contributed by atoms with Crippen molar-refractivity contribution in [1.29, 1.82) is 0 Å². The van der Waals surface area contributed by atoms with Gasteiger partial charge >= 0.3 is 0 Å². The van der Waals surface area contributed by atoms with E-state index in [9.17, 15) is 0 Å². The van der Waals surface area contributed by atoms with Crippen LogP contribution >= 0.6 is 0 Å². The van der Waals surface area contributed by atoms with E-state index in [2.05, 4.69) is 25.7 Å². The minimum Gasteiger partial charge on any atom is -0.330 e. The lowest BCUT2D eigenvalue weighted by molar-refractivity contribution is 0.112. The van der Waals surface area contributed by atoms with Crippen LogP contribution in [0.15, 0.2) is 0 Å². The quantitative estimate of drug-likeness (QED) is 0.750. The summed E-state index contributed by atoms with van der Waals surface area (Å²) in [6, 6.07) is 0.785. The van der Waals surface area contributed by atoms with Crippen LogP contribution < -0.4 is 5.73 Å². The summed E-state index contributed by atoms with van der Waals surface area (Å²) >= 11 is 0. The summed E-state index contributed by atoms with van der Waals surface area (Å²) in [5.74, 6) is 0. The van der Waals surface area contributed by atoms with Crippen molar-refractivity contribution in [3.8, 4) is 0 Å². The first-order valence-electron chi connectivity index (χ1n) is 6.03. The predicted molar refractivity (Wildman–Crippen MR) is 62.3 cm³/mol. The van der Waals surface area contributed by atoms with Gasteiger partial charge in [0.15, 0.2) is 0 Å². The lowest BCUT2D eigenvalue weighted by atomic mass is 9.82. The highest BCUT2D eigenvalue weighted by Crippen LogP contribution is 2.28. The molecular formula is C12H26N2. The van der Waals surface area contributed by atoms with Gasteiger partial charge in [0.05, 0.1) is 0 Å². The molecule has 0 saturated carbocycles. The summed E-state index contributed by atoms with van der Waals surface area (Å²) in [5, 5.41) is 0. The third kappa shape index (κ3) is 3.25. The Morgan fingerprint density at radius 3 is 2.64 bits per heavy atom. The van der Waals surface area contributed by atoms with Gasteiger partial charge in [0.2, 0.25) is 0 Å². The molecule has 84 valence electrons. The first kappa shape index (κ1) is 12.0. The maximum Gasteiger partial charge on any atom is 0.0101 e. The van der Waals surface area contributed by atoms with E-state index in [1.807, 2.05) is 0 Å². The molecule has 1 aliphatic heterocycles. The van der Waals surface area contributed by atoms with Crippen molar-refractivity contribution < 1.29 is 0 Å². The van der Waals surface area contributed by atoms with Gasteiger partial charge in [0.25, 0.3) is 0 Å². The van der Waals surface area contributed by atoms with Gasteiger partial charge in [0, 0.05) is 6.04 Å². The Morgan fingerprint density at radius 1 is 1.36 bits per heavy atom. The summed E-state index contributed by atoms with van der Waals surface area (Å²) in [6.45, 7) is 10.1. The molecule has 0 bridgehead atoms. The van der Waals surface area contributed by atoms with Gasteiger partial charge in [-0.15, -0.1) is 0 Å². The highest BCUT2D eigenvalue weighted by Gasteiger charge is 2.27. The molecule has 1 aliphatic rings. The topological polar surface area (TPSA) is 29.3 Å². The second kappa shape index (κ2) is 5.13. The highest BCUT2D eigenvalue weighted by molar-refractivity contribution is 4.82. The molecule has 1 rings (SSSR count). The van der Waals surface area contributed by atoms with Gasteiger partial charge in [-0.25, -0.2) is 0 Å². The Morgan fingerprint density at radius 2 is 2.07 bits per heavy atom. The molecule has 0 amide bonds. The minimum atomic E-state index is 0.315. The molecule has 2 nitrogen and oxygen atoms in total. The van der Waals surface area contributed by atoms with E-state index in [0.29, 0.717) is 5.41 Å². The zero-order chi connectivity index (χ0) is 10.6. The largest absolute Gasteiger partial charge is 0.330 e. The molecule has 14 heavy (non-hydrogen) atoms. The summed E-state index contributed by atoms with van der Waals surface area (Å²) in [4.78, 5) is 2.63. The molecule has 1 saturated heterocycles. The molecule has 1 unspecified atom stereocenters. The third-order valence-corrected chi connectivity index (χ3v) is 3.50. The Kier molecular flexibility index (Phi) is 4.39. The Hall–Kier alpha value is -0.0800. The molecule has 1 fully saturated rings. The summed E-state index contributed by atoms with van der Waals surface area (Å²) in [5.41, 5.74) is 6.11. The van der Waals surface area contributed by atoms with Crippen molar-refractivity contribution in [3.63, 3.8) is 0 Å². The van der Waals surface area contributed by atoms with Crippen molar-refractivity contribution in [3.05, 3.63) is 0 Å². The molecule has 0 aromatic rings. The number of nitrogens with two attached hydrogens (primary N) is 1. The first-order valence-corrected chi connectivity index (χ1v) is 6.03. The Balaban J connectivity index is 2.48. The van der Waals surface area contributed by atoms with Gasteiger partial charge < -0.3 is 10.6 Å². The van der Waals surface area contributed by atoms with Crippen LogP contribution in [0.2, 0.25) is 0 Å². The SMILES string of the molecule is CCN1CCCCC1CC(C)(C)CN. The molecule has 2 heteroatoms. The molecular weight excluding hydrogens is 172 g/mol. The van der Waals surface area contributed by atoms with Crippen LogP contribution in [-0.4, -0.2) is 30.6 Å². The van der Waals surface area contributed by atoms with Crippen LogP contribution in [0.1, 0.15) is 46.5 Å². The highest BCUT2D eigenvalue weighted by atomic mass is 15.2. The summed E-state index contributed by atoms with van der Waals surface area (Å²) in [7, 11) is 0. The van der Waals surface area contributed by atoms with Crippen LogP contribution in [0.4, 0.5) is 0 Å². The van der Waals surface area contributed by atoms with Crippen molar-refractivity contribution in [1.82, 2.24) is 4.90 Å². The average Bonchev–Trinajstić information content (AvgIpc) is 2.18. The molecule has 0 spiro atoms. The van der Waals surface area contributed by atoms with Gasteiger partial charge in [-0.05, 0) is 44.3 Å². The Bertz CT molecular complexity index is 166. The smallest absolute Gasteiger partial charge is 0.0101 e. The fraction of sp³-hybridized carbons (Fsp3) is 1.00. The van der Waals surface area contributed by atoms with Gasteiger partial charge in [-0.3, -0.25) is 0 Å². The van der Waals surface area contributed by atoms with Crippen LogP contribution in [0, 0.1) is 5.41 Å². The third-order valence-electron chi connectivity index (χ3n) is 3.50. The lowest BCUT2D eigenvalue weighted by Gasteiger charge is -2.39. The first-order chi connectivity index (χ1) is 6.59. The van der Waals surface area contributed by atoms with Crippen molar-refractivity contribution in [2.24, 2.45) is 11.1 Å². The average molecular weight is 198 g/mol. The fourth-order valence-electron chi connectivity index (χ4n) is 2.43. The zero-order valence-corrected chi connectivity index (χ0v) is 10.1. The van der Waals surface area contributed by atoms with Gasteiger partial charge in [0.1, 0.15) is 0 Å². The standard InChI is InChI=1S/C12H26N2/c1-4-14-8-6-5-7-11(14)9-12(2,3)10-13/h11H,4-10,13H2,1-3H3. The zero-order valence-electron chi connectivity index (χ0n) is 10.1. The van der Waals surface area contributed by atoms with E-state index in [0.717, 1.165) is 12.6 Å². The molecule has 2 N–H and O–H groups in total. The number of rotatable bonds is 4. The van der Waals surface area contributed by atoms with Crippen molar-refractivity contribution in [2.45, 2.75) is 52.5 Å².